The highest BCUT2D eigenvalue weighted by Crippen LogP contribution is 2.64. The van der Waals surface area contributed by atoms with E-state index in [0.717, 1.165) is 0 Å². The van der Waals surface area contributed by atoms with Crippen LogP contribution < -0.4 is 0 Å². The van der Waals surface area contributed by atoms with E-state index in [2.05, 4.69) is 31.9 Å². The van der Waals surface area contributed by atoms with Crippen LogP contribution >= 0.6 is 31.9 Å². The molecule has 22 heavy (non-hydrogen) atoms. The van der Waals surface area contributed by atoms with Gasteiger partial charge in [0, 0.05) is 16.7 Å². The number of halogens is 2. The molecule has 0 aromatic heterocycles. The van der Waals surface area contributed by atoms with Gasteiger partial charge in [-0.15, -0.1) is 0 Å². The normalized spacial score (nSPS) is 20.4. The Balaban J connectivity index is 2.08. The molecule has 0 saturated carbocycles. The minimum Gasteiger partial charge on any atom is -0.292 e. The number of alkyl halides is 2. The third-order valence-electron chi connectivity index (χ3n) is 4.42. The van der Waals surface area contributed by atoms with Crippen LogP contribution in [0.3, 0.4) is 0 Å². The molecule has 0 saturated heterocycles. The van der Waals surface area contributed by atoms with Crippen LogP contribution in [0.1, 0.15) is 36.6 Å². The third-order valence-corrected chi connectivity index (χ3v) is 6.46. The van der Waals surface area contributed by atoms with E-state index in [-0.39, 0.29) is 0 Å². The van der Waals surface area contributed by atoms with Crippen LogP contribution in [0.25, 0.3) is 0 Å². The lowest BCUT2D eigenvalue weighted by Gasteiger charge is -2.30. The van der Waals surface area contributed by atoms with Crippen molar-refractivity contribution in [3.63, 3.8) is 0 Å². The van der Waals surface area contributed by atoms with Crippen molar-refractivity contribution in [3.8, 4) is 0 Å². The smallest absolute Gasteiger partial charge is 0.188 e. The lowest BCUT2D eigenvalue weighted by Crippen LogP contribution is -2.47. The van der Waals surface area contributed by atoms with Gasteiger partial charge in [-0.05, 0) is 5.56 Å². The summed E-state index contributed by atoms with van der Waals surface area (Å²) in [6, 6.07) is 13.5. The summed E-state index contributed by atoms with van der Waals surface area (Å²) in [5.74, 6) is -1.37. The van der Waals surface area contributed by atoms with Gasteiger partial charge in [0.25, 0.3) is 0 Å². The molecule has 1 spiro atoms. The van der Waals surface area contributed by atoms with Crippen LogP contribution in [0, 0.1) is 5.41 Å². The lowest BCUT2D eigenvalue weighted by atomic mass is 9.78. The second-order valence-corrected chi connectivity index (χ2v) is 8.85. The Labute approximate surface area is 143 Å². The van der Waals surface area contributed by atoms with Crippen molar-refractivity contribution in [2.45, 2.75) is 3.23 Å². The average molecular weight is 420 g/mol. The van der Waals surface area contributed by atoms with Gasteiger partial charge < -0.3 is 0 Å². The van der Waals surface area contributed by atoms with Gasteiger partial charge in [-0.3, -0.25) is 14.4 Å². The van der Waals surface area contributed by atoms with E-state index in [0.29, 0.717) is 22.3 Å². The zero-order valence-corrected chi connectivity index (χ0v) is 14.3. The summed E-state index contributed by atoms with van der Waals surface area (Å²) in [6.45, 7) is 0. The van der Waals surface area contributed by atoms with E-state index in [9.17, 15) is 14.4 Å². The molecule has 4 rings (SSSR count). The first-order chi connectivity index (χ1) is 10.4. The predicted octanol–water partition coefficient (Wildman–Crippen LogP) is 3.89. The predicted molar refractivity (Wildman–Crippen MR) is 87.8 cm³/mol. The van der Waals surface area contributed by atoms with Gasteiger partial charge in [0.05, 0.1) is 0 Å². The number of hydrogen-bond acceptors (Lipinski definition) is 3. The fourth-order valence-corrected chi connectivity index (χ4v) is 5.15. The number of carbonyl (C=O) groups is 3. The summed E-state index contributed by atoms with van der Waals surface area (Å²) in [6.07, 6.45) is 0. The monoisotopic (exact) mass is 418 g/mol. The van der Waals surface area contributed by atoms with E-state index in [4.69, 9.17) is 0 Å². The molecular weight excluding hydrogens is 412 g/mol. The molecule has 108 valence electrons. The van der Waals surface area contributed by atoms with Crippen molar-refractivity contribution in [2.24, 2.45) is 5.41 Å². The van der Waals surface area contributed by atoms with E-state index >= 15 is 0 Å². The van der Waals surface area contributed by atoms with E-state index in [1.807, 2.05) is 0 Å². The third kappa shape index (κ3) is 1.30. The number of rotatable bonds is 0. The first-order valence-corrected chi connectivity index (χ1v) is 8.23. The molecule has 5 heteroatoms. The molecule has 0 N–H and O–H groups in total. The number of Topliss-reactive ketones (excluding diaryl/α,β-unsaturated/α-hetero) is 3. The summed E-state index contributed by atoms with van der Waals surface area (Å²) >= 11 is 6.92. The second kappa shape index (κ2) is 4.24. The Hall–Kier alpha value is -1.59. The molecule has 0 unspecified atom stereocenters. The summed E-state index contributed by atoms with van der Waals surface area (Å²) in [5.41, 5.74) is -0.200. The van der Waals surface area contributed by atoms with Crippen molar-refractivity contribution in [2.75, 3.05) is 0 Å². The van der Waals surface area contributed by atoms with Crippen molar-refractivity contribution in [3.05, 3.63) is 70.8 Å². The number of hydrogen-bond donors (Lipinski definition) is 0. The summed E-state index contributed by atoms with van der Waals surface area (Å²) in [5, 5.41) is 0. The molecule has 2 aromatic carbocycles. The maximum absolute atomic E-state index is 13.0. The number of ketones is 3. The molecule has 2 aliphatic carbocycles. The molecule has 0 aliphatic heterocycles. The van der Waals surface area contributed by atoms with E-state index < -0.39 is 26.0 Å². The Kier molecular flexibility index (Phi) is 2.70. The molecule has 0 radical (unpaired) electrons. The number of carbonyl (C=O) groups excluding carboxylic acids is 3. The SMILES string of the molecule is O=C1c2ccccc2C(=O)C12C(=O)c1ccccc1C2(Br)Br. The van der Waals surface area contributed by atoms with Crippen molar-refractivity contribution in [1.29, 1.82) is 0 Å². The highest BCUT2D eigenvalue weighted by Gasteiger charge is 2.72. The summed E-state index contributed by atoms with van der Waals surface area (Å²) in [4.78, 5) is 39.1. The zero-order valence-electron chi connectivity index (χ0n) is 11.1. The molecule has 2 aromatic rings. The number of benzene rings is 2. The van der Waals surface area contributed by atoms with Crippen molar-refractivity contribution >= 4 is 49.2 Å². The lowest BCUT2D eigenvalue weighted by molar-refractivity contribution is 0.0623. The molecule has 0 heterocycles. The standard InChI is InChI=1S/C17H8Br2O3/c18-17(19)12-8-4-3-7-11(12)15(22)16(17)13(20)9-5-1-2-6-10(9)14(16)21/h1-8H. The average Bonchev–Trinajstić information content (AvgIpc) is 2.86. The largest absolute Gasteiger partial charge is 0.292 e. The molecular formula is C17H8Br2O3. The molecule has 3 nitrogen and oxygen atoms in total. The molecule has 0 atom stereocenters. The Morgan fingerprint density at radius 3 is 1.55 bits per heavy atom. The van der Waals surface area contributed by atoms with Crippen molar-refractivity contribution in [1.82, 2.24) is 0 Å². The number of fused-ring (bicyclic) bond motifs is 2. The Morgan fingerprint density at radius 1 is 0.636 bits per heavy atom. The van der Waals surface area contributed by atoms with Gasteiger partial charge in [-0.25, -0.2) is 0 Å². The minimum atomic E-state index is -1.81. The van der Waals surface area contributed by atoms with Gasteiger partial charge >= 0.3 is 0 Å². The molecule has 0 bridgehead atoms. The Morgan fingerprint density at radius 2 is 1.05 bits per heavy atom. The highest BCUT2D eigenvalue weighted by atomic mass is 79.9. The maximum atomic E-state index is 13.0. The molecule has 2 aliphatic rings. The van der Waals surface area contributed by atoms with Crippen LogP contribution in [0.15, 0.2) is 48.5 Å². The van der Waals surface area contributed by atoms with Gasteiger partial charge in [0.1, 0.15) is 3.23 Å². The first-order valence-electron chi connectivity index (χ1n) is 6.65. The summed E-state index contributed by atoms with van der Waals surface area (Å²) < 4.78 is -1.23. The minimum absolute atomic E-state index is 0.303. The Bertz CT molecular complexity index is 834. The van der Waals surface area contributed by atoms with Crippen LogP contribution in [0.5, 0.6) is 0 Å². The van der Waals surface area contributed by atoms with Crippen LogP contribution in [0.2, 0.25) is 0 Å². The van der Waals surface area contributed by atoms with Gasteiger partial charge in [0.15, 0.2) is 22.8 Å². The highest BCUT2D eigenvalue weighted by molar-refractivity contribution is 9.24. The van der Waals surface area contributed by atoms with Crippen LogP contribution in [0.4, 0.5) is 0 Å². The van der Waals surface area contributed by atoms with Gasteiger partial charge in [-0.2, -0.15) is 0 Å². The van der Waals surface area contributed by atoms with Crippen molar-refractivity contribution < 1.29 is 14.4 Å². The quantitative estimate of drug-likeness (QED) is 0.480. The van der Waals surface area contributed by atoms with Gasteiger partial charge in [0.2, 0.25) is 0 Å². The topological polar surface area (TPSA) is 51.2 Å². The van der Waals surface area contributed by atoms with Crippen LogP contribution in [-0.2, 0) is 3.23 Å². The summed E-state index contributed by atoms with van der Waals surface area (Å²) in [7, 11) is 0. The fourth-order valence-electron chi connectivity index (χ4n) is 3.38. The molecule has 0 fully saturated rings. The van der Waals surface area contributed by atoms with Gasteiger partial charge in [-0.1, -0.05) is 80.4 Å². The van der Waals surface area contributed by atoms with Crippen LogP contribution in [-0.4, -0.2) is 17.3 Å². The fraction of sp³-hybridized carbons (Fsp3) is 0.118. The maximum Gasteiger partial charge on any atom is 0.188 e. The zero-order chi connectivity index (χ0) is 15.7. The van der Waals surface area contributed by atoms with E-state index in [1.54, 1.807) is 48.5 Å². The first kappa shape index (κ1) is 14.0. The molecule has 0 amide bonds. The second-order valence-electron chi connectivity index (χ2n) is 5.40. The van der Waals surface area contributed by atoms with E-state index in [1.165, 1.54) is 0 Å².